The number of ether oxygens (including phenoxy) is 1. The molecule has 1 saturated carbocycles. The topological polar surface area (TPSA) is 72.5 Å². The Kier molecular flexibility index (Phi) is 4.14. The molecule has 0 unspecified atom stereocenters. The average molecular weight is 377 g/mol. The van der Waals surface area contributed by atoms with Crippen molar-refractivity contribution in [1.82, 2.24) is 5.32 Å². The van der Waals surface area contributed by atoms with E-state index in [0.29, 0.717) is 41.7 Å². The second-order valence-electron chi connectivity index (χ2n) is 7.91. The molecule has 2 aliphatic rings. The van der Waals surface area contributed by atoms with Gasteiger partial charge < -0.3 is 10.1 Å². The molecule has 144 valence electrons. The molecule has 0 radical (unpaired) electrons. The minimum absolute atomic E-state index is 0.268. The summed E-state index contributed by atoms with van der Waals surface area (Å²) in [5.74, 6) is 0.236. The van der Waals surface area contributed by atoms with Gasteiger partial charge in [0.1, 0.15) is 11.2 Å². The van der Waals surface area contributed by atoms with Crippen LogP contribution in [0.15, 0.2) is 42.5 Å². The van der Waals surface area contributed by atoms with E-state index in [1.54, 1.807) is 31.4 Å². The number of carbonyl (C=O) groups excluding carboxylic acids is 3. The normalized spacial score (nSPS) is 18.7. The van der Waals surface area contributed by atoms with Crippen LogP contribution < -0.4 is 10.1 Å². The summed E-state index contributed by atoms with van der Waals surface area (Å²) in [5.41, 5.74) is -0.0350. The standard InChI is InChI=1S/C23H23NO4/c1-14(2)15-8-9-18(19(12-15)28-3)23(22(10-11-22)24-13-25)20(26)16-6-4-5-7-17(16)21(23)27/h4-9,12-14H,10-11H2,1-3H3,(H,24,25). The Morgan fingerprint density at radius 1 is 1.04 bits per heavy atom. The van der Waals surface area contributed by atoms with E-state index >= 15 is 0 Å². The number of ketones is 2. The highest BCUT2D eigenvalue weighted by Gasteiger charge is 2.71. The number of amides is 1. The Balaban J connectivity index is 2.02. The maximum Gasteiger partial charge on any atom is 0.207 e. The van der Waals surface area contributed by atoms with Gasteiger partial charge in [0.05, 0.1) is 12.6 Å². The van der Waals surface area contributed by atoms with Gasteiger partial charge in [-0.1, -0.05) is 50.2 Å². The molecule has 0 heterocycles. The zero-order valence-electron chi connectivity index (χ0n) is 16.2. The lowest BCUT2D eigenvalue weighted by molar-refractivity contribution is -0.110. The lowest BCUT2D eigenvalue weighted by Gasteiger charge is -2.36. The lowest BCUT2D eigenvalue weighted by Crippen LogP contribution is -2.57. The molecule has 1 amide bonds. The highest BCUT2D eigenvalue weighted by atomic mass is 16.5. The highest BCUT2D eigenvalue weighted by Crippen LogP contribution is 2.59. The summed E-state index contributed by atoms with van der Waals surface area (Å²) in [5, 5.41) is 2.82. The van der Waals surface area contributed by atoms with Crippen molar-refractivity contribution in [3.63, 3.8) is 0 Å². The van der Waals surface area contributed by atoms with E-state index in [9.17, 15) is 14.4 Å². The summed E-state index contributed by atoms with van der Waals surface area (Å²) in [6.07, 6.45) is 1.71. The molecule has 5 nitrogen and oxygen atoms in total. The van der Waals surface area contributed by atoms with Crippen LogP contribution in [0.1, 0.15) is 64.4 Å². The number of benzene rings is 2. The number of fused-ring (bicyclic) bond motifs is 1. The summed E-state index contributed by atoms with van der Waals surface area (Å²) in [7, 11) is 1.54. The van der Waals surface area contributed by atoms with E-state index in [-0.39, 0.29) is 17.5 Å². The van der Waals surface area contributed by atoms with Crippen molar-refractivity contribution < 1.29 is 19.1 Å². The molecule has 0 bridgehead atoms. The largest absolute Gasteiger partial charge is 0.496 e. The third-order valence-electron chi connectivity index (χ3n) is 6.20. The SMILES string of the molecule is COc1cc(C(C)C)ccc1C1(C2(NC=O)CC2)C(=O)c2ccccc2C1=O. The Morgan fingerprint density at radius 3 is 2.11 bits per heavy atom. The molecule has 2 aliphatic carbocycles. The molecular weight excluding hydrogens is 354 g/mol. The third-order valence-corrected chi connectivity index (χ3v) is 6.20. The number of nitrogens with one attached hydrogen (secondary N) is 1. The Morgan fingerprint density at radius 2 is 1.64 bits per heavy atom. The minimum Gasteiger partial charge on any atom is -0.496 e. The Bertz CT molecular complexity index is 953. The molecule has 2 aromatic rings. The van der Waals surface area contributed by atoms with Crippen LogP contribution in [0.25, 0.3) is 0 Å². The van der Waals surface area contributed by atoms with Crippen LogP contribution >= 0.6 is 0 Å². The summed E-state index contributed by atoms with van der Waals surface area (Å²) in [4.78, 5) is 38.9. The Labute approximate surface area is 164 Å². The smallest absolute Gasteiger partial charge is 0.207 e. The van der Waals surface area contributed by atoms with Crippen molar-refractivity contribution in [3.05, 3.63) is 64.7 Å². The number of hydrogen-bond donors (Lipinski definition) is 1. The molecular formula is C23H23NO4. The van der Waals surface area contributed by atoms with E-state index in [0.717, 1.165) is 5.56 Å². The maximum absolute atomic E-state index is 13.7. The van der Waals surface area contributed by atoms with Crippen molar-refractivity contribution >= 4 is 18.0 Å². The number of Topliss-reactive ketones (excluding diaryl/α,β-unsaturated/α-hetero) is 2. The molecule has 2 aromatic carbocycles. The molecule has 5 heteroatoms. The van der Waals surface area contributed by atoms with Gasteiger partial charge in [0.2, 0.25) is 6.41 Å². The molecule has 1 N–H and O–H groups in total. The summed E-state index contributed by atoms with van der Waals surface area (Å²) >= 11 is 0. The molecule has 0 aromatic heterocycles. The first kappa shape index (κ1) is 18.4. The van der Waals surface area contributed by atoms with Crippen molar-refractivity contribution in [2.24, 2.45) is 0 Å². The number of rotatable bonds is 6. The van der Waals surface area contributed by atoms with E-state index in [4.69, 9.17) is 4.74 Å². The molecule has 0 aliphatic heterocycles. The third kappa shape index (κ3) is 2.22. The van der Waals surface area contributed by atoms with Crippen LogP contribution in [-0.4, -0.2) is 30.6 Å². The van der Waals surface area contributed by atoms with Crippen LogP contribution in [0.3, 0.4) is 0 Å². The van der Waals surface area contributed by atoms with Gasteiger partial charge in [-0.3, -0.25) is 14.4 Å². The molecule has 28 heavy (non-hydrogen) atoms. The second kappa shape index (κ2) is 6.30. The van der Waals surface area contributed by atoms with Gasteiger partial charge >= 0.3 is 0 Å². The lowest BCUT2D eigenvalue weighted by atomic mass is 9.67. The van der Waals surface area contributed by atoms with Crippen LogP contribution in [0, 0.1) is 0 Å². The van der Waals surface area contributed by atoms with Crippen LogP contribution in [-0.2, 0) is 10.2 Å². The van der Waals surface area contributed by atoms with Crippen LogP contribution in [0.4, 0.5) is 0 Å². The predicted molar refractivity (Wildman–Crippen MR) is 105 cm³/mol. The monoisotopic (exact) mass is 377 g/mol. The molecule has 4 rings (SSSR count). The van der Waals surface area contributed by atoms with Gasteiger partial charge in [0, 0.05) is 16.7 Å². The quantitative estimate of drug-likeness (QED) is 0.618. The number of carbonyl (C=O) groups is 3. The summed E-state index contributed by atoms with van der Waals surface area (Å²) in [6, 6.07) is 12.5. The first-order valence-corrected chi connectivity index (χ1v) is 9.51. The molecule has 0 saturated heterocycles. The van der Waals surface area contributed by atoms with Gasteiger partial charge in [0.25, 0.3) is 0 Å². The van der Waals surface area contributed by atoms with Gasteiger partial charge in [-0.05, 0) is 30.4 Å². The predicted octanol–water partition coefficient (Wildman–Crippen LogP) is 3.41. The summed E-state index contributed by atoms with van der Waals surface area (Å²) < 4.78 is 5.65. The van der Waals surface area contributed by atoms with E-state index < -0.39 is 11.0 Å². The number of hydrogen-bond acceptors (Lipinski definition) is 4. The van der Waals surface area contributed by atoms with Gasteiger partial charge in [-0.25, -0.2) is 0 Å². The van der Waals surface area contributed by atoms with E-state index in [2.05, 4.69) is 19.2 Å². The first-order chi connectivity index (χ1) is 13.4. The zero-order valence-corrected chi connectivity index (χ0v) is 16.2. The fourth-order valence-electron chi connectivity index (χ4n) is 4.57. The van der Waals surface area contributed by atoms with Crippen molar-refractivity contribution in [2.45, 2.75) is 43.6 Å². The second-order valence-corrected chi connectivity index (χ2v) is 7.91. The maximum atomic E-state index is 13.7. The Hall–Kier alpha value is -2.95. The fourth-order valence-corrected chi connectivity index (χ4v) is 4.57. The molecule has 1 fully saturated rings. The fraction of sp³-hybridized carbons (Fsp3) is 0.348. The van der Waals surface area contributed by atoms with Gasteiger partial charge in [-0.2, -0.15) is 0 Å². The van der Waals surface area contributed by atoms with Gasteiger partial charge in [-0.15, -0.1) is 0 Å². The van der Waals surface area contributed by atoms with Crippen molar-refractivity contribution in [3.8, 4) is 5.75 Å². The first-order valence-electron chi connectivity index (χ1n) is 9.51. The van der Waals surface area contributed by atoms with Crippen molar-refractivity contribution in [2.75, 3.05) is 7.11 Å². The van der Waals surface area contributed by atoms with Crippen molar-refractivity contribution in [1.29, 1.82) is 0 Å². The molecule has 0 spiro atoms. The van der Waals surface area contributed by atoms with E-state index in [1.807, 2.05) is 18.2 Å². The number of methoxy groups -OCH3 is 1. The molecule has 0 atom stereocenters. The minimum atomic E-state index is -1.50. The van der Waals surface area contributed by atoms with Crippen LogP contribution in [0.2, 0.25) is 0 Å². The van der Waals surface area contributed by atoms with E-state index in [1.165, 1.54) is 0 Å². The van der Waals surface area contributed by atoms with Crippen LogP contribution in [0.5, 0.6) is 5.75 Å². The van der Waals surface area contributed by atoms with Gasteiger partial charge in [0.15, 0.2) is 11.6 Å². The average Bonchev–Trinajstić information content (AvgIpc) is 3.44. The highest BCUT2D eigenvalue weighted by molar-refractivity contribution is 6.34. The zero-order chi connectivity index (χ0) is 20.1. The summed E-state index contributed by atoms with van der Waals surface area (Å²) in [6.45, 7) is 4.14.